The van der Waals surface area contributed by atoms with Crippen molar-refractivity contribution in [3.63, 3.8) is 0 Å². The molecule has 0 radical (unpaired) electrons. The van der Waals surface area contributed by atoms with Crippen molar-refractivity contribution in [3.05, 3.63) is 54.6 Å². The highest BCUT2D eigenvalue weighted by molar-refractivity contribution is 7.80. The maximum Gasteiger partial charge on any atom is 0.227 e. The molecule has 1 heterocycles. The number of carbonyl (C=O) groups is 1. The molecule has 0 N–H and O–H groups in total. The zero-order chi connectivity index (χ0) is 14.7. The molecule has 2 aromatic carbocycles. The second-order valence-corrected chi connectivity index (χ2v) is 5.51. The molecule has 1 aliphatic rings. The SMILES string of the molecule is O=C1CC(CS)CN1c1ccccc1Oc1ccccc1. The summed E-state index contributed by atoms with van der Waals surface area (Å²) in [6.45, 7) is 0.706. The smallest absolute Gasteiger partial charge is 0.227 e. The second-order valence-electron chi connectivity index (χ2n) is 5.14. The van der Waals surface area contributed by atoms with E-state index in [1.54, 1.807) is 4.90 Å². The van der Waals surface area contributed by atoms with Gasteiger partial charge in [-0.1, -0.05) is 30.3 Å². The number of benzene rings is 2. The minimum Gasteiger partial charge on any atom is -0.455 e. The molecule has 1 atom stereocenters. The Morgan fingerprint density at radius 3 is 2.52 bits per heavy atom. The van der Waals surface area contributed by atoms with E-state index in [1.807, 2.05) is 54.6 Å². The Morgan fingerprint density at radius 2 is 1.81 bits per heavy atom. The van der Waals surface area contributed by atoms with Crippen molar-refractivity contribution in [1.82, 2.24) is 0 Å². The Morgan fingerprint density at radius 1 is 1.10 bits per heavy atom. The molecule has 1 fully saturated rings. The van der Waals surface area contributed by atoms with Crippen LogP contribution in [-0.4, -0.2) is 18.2 Å². The number of nitrogens with zero attached hydrogens (tertiary/aromatic N) is 1. The fraction of sp³-hybridized carbons (Fsp3) is 0.235. The number of thiol groups is 1. The summed E-state index contributed by atoms with van der Waals surface area (Å²) in [4.78, 5) is 14.0. The largest absolute Gasteiger partial charge is 0.455 e. The molecule has 21 heavy (non-hydrogen) atoms. The average Bonchev–Trinajstić information content (AvgIpc) is 2.90. The van der Waals surface area contributed by atoms with Crippen LogP contribution in [0.15, 0.2) is 54.6 Å². The molecule has 1 aliphatic heterocycles. The van der Waals surface area contributed by atoms with E-state index in [2.05, 4.69) is 12.6 Å². The molecule has 0 saturated carbocycles. The van der Waals surface area contributed by atoms with E-state index in [0.717, 1.165) is 17.2 Å². The first-order valence-electron chi connectivity index (χ1n) is 7.01. The number of para-hydroxylation sites is 3. The summed E-state index contributed by atoms with van der Waals surface area (Å²) in [6, 6.07) is 17.3. The fourth-order valence-corrected chi connectivity index (χ4v) is 2.76. The number of rotatable bonds is 4. The highest BCUT2D eigenvalue weighted by atomic mass is 32.1. The van der Waals surface area contributed by atoms with E-state index in [0.29, 0.717) is 24.6 Å². The third-order valence-corrected chi connectivity index (χ3v) is 4.11. The van der Waals surface area contributed by atoms with Crippen molar-refractivity contribution < 1.29 is 9.53 Å². The number of amides is 1. The van der Waals surface area contributed by atoms with E-state index in [4.69, 9.17) is 4.74 Å². The molecule has 1 unspecified atom stereocenters. The van der Waals surface area contributed by atoms with Gasteiger partial charge in [-0.15, -0.1) is 0 Å². The van der Waals surface area contributed by atoms with Crippen molar-refractivity contribution in [2.45, 2.75) is 6.42 Å². The van der Waals surface area contributed by atoms with Gasteiger partial charge in [-0.3, -0.25) is 4.79 Å². The molecular weight excluding hydrogens is 282 g/mol. The van der Waals surface area contributed by atoms with Crippen LogP contribution in [0, 0.1) is 5.92 Å². The monoisotopic (exact) mass is 299 g/mol. The number of carbonyl (C=O) groups excluding carboxylic acids is 1. The molecule has 0 aromatic heterocycles. The Labute approximate surface area is 129 Å². The molecule has 3 rings (SSSR count). The van der Waals surface area contributed by atoms with Crippen LogP contribution in [0.5, 0.6) is 11.5 Å². The van der Waals surface area contributed by atoms with Crippen LogP contribution in [0.4, 0.5) is 5.69 Å². The molecule has 108 valence electrons. The van der Waals surface area contributed by atoms with Gasteiger partial charge < -0.3 is 9.64 Å². The molecule has 0 spiro atoms. The van der Waals surface area contributed by atoms with Crippen LogP contribution in [0.3, 0.4) is 0 Å². The Hall–Kier alpha value is -1.94. The normalized spacial score (nSPS) is 18.0. The standard InChI is InChI=1S/C17H17NO2S/c19-17-10-13(12-21)11-18(17)15-8-4-5-9-16(15)20-14-6-2-1-3-7-14/h1-9,13,21H,10-12H2. The Balaban J connectivity index is 1.88. The minimum atomic E-state index is 0.137. The van der Waals surface area contributed by atoms with Crippen molar-refractivity contribution in [2.75, 3.05) is 17.2 Å². The zero-order valence-electron chi connectivity index (χ0n) is 11.6. The molecule has 3 nitrogen and oxygen atoms in total. The summed E-state index contributed by atoms with van der Waals surface area (Å²) < 4.78 is 5.93. The van der Waals surface area contributed by atoms with Gasteiger partial charge in [0.1, 0.15) is 5.75 Å². The fourth-order valence-electron chi connectivity index (χ4n) is 2.52. The number of hydrogen-bond donors (Lipinski definition) is 1. The number of hydrogen-bond acceptors (Lipinski definition) is 3. The quantitative estimate of drug-likeness (QED) is 0.871. The van der Waals surface area contributed by atoms with Gasteiger partial charge in [-0.25, -0.2) is 0 Å². The van der Waals surface area contributed by atoms with Gasteiger partial charge in [0.05, 0.1) is 5.69 Å². The van der Waals surface area contributed by atoms with Crippen LogP contribution >= 0.6 is 12.6 Å². The van der Waals surface area contributed by atoms with Crippen LogP contribution in [0.25, 0.3) is 0 Å². The van der Waals surface area contributed by atoms with Crippen molar-refractivity contribution >= 4 is 24.2 Å². The highest BCUT2D eigenvalue weighted by Crippen LogP contribution is 2.35. The van der Waals surface area contributed by atoms with Gasteiger partial charge in [-0.05, 0) is 35.9 Å². The summed E-state index contributed by atoms with van der Waals surface area (Å²) in [5.74, 6) is 2.65. The summed E-state index contributed by atoms with van der Waals surface area (Å²) in [5.41, 5.74) is 0.829. The van der Waals surface area contributed by atoms with E-state index in [9.17, 15) is 4.79 Å². The topological polar surface area (TPSA) is 29.5 Å². The first kappa shape index (κ1) is 14.0. The van der Waals surface area contributed by atoms with Crippen LogP contribution in [-0.2, 0) is 4.79 Å². The highest BCUT2D eigenvalue weighted by Gasteiger charge is 2.31. The molecule has 1 amide bonds. The number of anilines is 1. The summed E-state index contributed by atoms with van der Waals surface area (Å²) in [5, 5.41) is 0. The van der Waals surface area contributed by atoms with Crippen LogP contribution in [0.2, 0.25) is 0 Å². The van der Waals surface area contributed by atoms with E-state index in [-0.39, 0.29) is 5.91 Å². The van der Waals surface area contributed by atoms with Gasteiger partial charge >= 0.3 is 0 Å². The lowest BCUT2D eigenvalue weighted by Gasteiger charge is -2.20. The van der Waals surface area contributed by atoms with Crippen molar-refractivity contribution in [2.24, 2.45) is 5.92 Å². The summed E-state index contributed by atoms with van der Waals surface area (Å²) in [6.07, 6.45) is 0.559. The minimum absolute atomic E-state index is 0.137. The van der Waals surface area contributed by atoms with E-state index in [1.165, 1.54) is 0 Å². The lowest BCUT2D eigenvalue weighted by Crippen LogP contribution is -2.25. The maximum atomic E-state index is 12.2. The predicted molar refractivity (Wildman–Crippen MR) is 87.3 cm³/mol. The number of ether oxygens (including phenoxy) is 1. The van der Waals surface area contributed by atoms with Gasteiger partial charge in [0.15, 0.2) is 5.75 Å². The first-order chi connectivity index (χ1) is 10.3. The maximum absolute atomic E-state index is 12.2. The molecule has 1 saturated heterocycles. The Bertz CT molecular complexity index is 630. The Kier molecular flexibility index (Phi) is 4.15. The lowest BCUT2D eigenvalue weighted by molar-refractivity contribution is -0.117. The predicted octanol–water partition coefficient (Wildman–Crippen LogP) is 3.76. The third-order valence-electron chi connectivity index (χ3n) is 3.59. The van der Waals surface area contributed by atoms with E-state index >= 15 is 0 Å². The van der Waals surface area contributed by atoms with Gasteiger partial charge in [0, 0.05) is 13.0 Å². The molecule has 0 aliphatic carbocycles. The first-order valence-corrected chi connectivity index (χ1v) is 7.64. The average molecular weight is 299 g/mol. The molecule has 0 bridgehead atoms. The molecular formula is C17H17NO2S. The van der Waals surface area contributed by atoms with Crippen LogP contribution in [0.1, 0.15) is 6.42 Å². The van der Waals surface area contributed by atoms with Crippen LogP contribution < -0.4 is 9.64 Å². The molecule has 4 heteroatoms. The van der Waals surface area contributed by atoms with Gasteiger partial charge in [0.25, 0.3) is 0 Å². The van der Waals surface area contributed by atoms with Crippen molar-refractivity contribution in [1.29, 1.82) is 0 Å². The zero-order valence-corrected chi connectivity index (χ0v) is 12.5. The molecule has 2 aromatic rings. The van der Waals surface area contributed by atoms with E-state index < -0.39 is 0 Å². The lowest BCUT2D eigenvalue weighted by atomic mass is 10.1. The van der Waals surface area contributed by atoms with Gasteiger partial charge in [0.2, 0.25) is 5.91 Å². The summed E-state index contributed by atoms with van der Waals surface area (Å²) >= 11 is 4.31. The third kappa shape index (κ3) is 3.05. The summed E-state index contributed by atoms with van der Waals surface area (Å²) in [7, 11) is 0. The van der Waals surface area contributed by atoms with Crippen molar-refractivity contribution in [3.8, 4) is 11.5 Å². The second kappa shape index (κ2) is 6.22. The van der Waals surface area contributed by atoms with Gasteiger partial charge in [-0.2, -0.15) is 12.6 Å².